The van der Waals surface area contributed by atoms with E-state index in [1.54, 1.807) is 24.8 Å². The van der Waals surface area contributed by atoms with E-state index >= 15 is 0 Å². The molecule has 0 aliphatic heterocycles. The molecule has 0 fully saturated rings. The standard InChI is InChI=1S/C20H21N5OS/c1-24(11-15-9-23-25(2)12-15)10-14-4-5-18(26-3)17(8-14)19-16-6-7-27-20(16)22-13-21-19/h4-9,12-13H,10-11H2,1-3H3. The highest BCUT2D eigenvalue weighted by molar-refractivity contribution is 7.16. The number of nitrogens with zero attached hydrogens (tertiary/aromatic N) is 5. The van der Waals surface area contributed by atoms with Crippen LogP contribution in [0.25, 0.3) is 21.5 Å². The van der Waals surface area contributed by atoms with E-state index in [1.807, 2.05) is 35.6 Å². The maximum Gasteiger partial charge on any atom is 0.128 e. The third kappa shape index (κ3) is 3.70. The van der Waals surface area contributed by atoms with E-state index in [0.29, 0.717) is 0 Å². The maximum absolute atomic E-state index is 5.60. The van der Waals surface area contributed by atoms with Crippen LogP contribution in [0.15, 0.2) is 48.4 Å². The minimum atomic E-state index is 0.819. The average molecular weight is 379 g/mol. The van der Waals surface area contributed by atoms with Crippen LogP contribution in [0.3, 0.4) is 0 Å². The van der Waals surface area contributed by atoms with Gasteiger partial charge in [-0.3, -0.25) is 9.58 Å². The summed E-state index contributed by atoms with van der Waals surface area (Å²) < 4.78 is 7.43. The molecule has 3 heterocycles. The van der Waals surface area contributed by atoms with E-state index in [9.17, 15) is 0 Å². The van der Waals surface area contributed by atoms with Crippen LogP contribution in [0.5, 0.6) is 5.75 Å². The molecule has 4 rings (SSSR count). The van der Waals surface area contributed by atoms with Gasteiger partial charge >= 0.3 is 0 Å². The average Bonchev–Trinajstić information content (AvgIpc) is 3.30. The van der Waals surface area contributed by atoms with Gasteiger partial charge in [-0.1, -0.05) is 6.07 Å². The molecule has 0 radical (unpaired) electrons. The van der Waals surface area contributed by atoms with E-state index in [2.05, 4.69) is 45.2 Å². The zero-order valence-corrected chi connectivity index (χ0v) is 16.4. The van der Waals surface area contributed by atoms with Crippen LogP contribution in [0, 0.1) is 0 Å². The van der Waals surface area contributed by atoms with Crippen LogP contribution in [-0.4, -0.2) is 38.8 Å². The van der Waals surface area contributed by atoms with Crippen LogP contribution in [-0.2, 0) is 20.1 Å². The van der Waals surface area contributed by atoms with Gasteiger partial charge in [0.15, 0.2) is 0 Å². The Balaban J connectivity index is 1.64. The van der Waals surface area contributed by atoms with Crippen molar-refractivity contribution in [3.63, 3.8) is 0 Å². The van der Waals surface area contributed by atoms with Crippen molar-refractivity contribution >= 4 is 21.6 Å². The summed E-state index contributed by atoms with van der Waals surface area (Å²) in [4.78, 5) is 12.1. The van der Waals surface area contributed by atoms with Gasteiger partial charge in [0.05, 0.1) is 19.0 Å². The van der Waals surface area contributed by atoms with Crippen molar-refractivity contribution in [2.75, 3.05) is 14.2 Å². The van der Waals surface area contributed by atoms with Crippen molar-refractivity contribution in [1.29, 1.82) is 0 Å². The first-order valence-corrected chi connectivity index (χ1v) is 9.53. The lowest BCUT2D eigenvalue weighted by molar-refractivity contribution is 0.319. The third-order valence-electron chi connectivity index (χ3n) is 4.44. The number of methoxy groups -OCH3 is 1. The van der Waals surface area contributed by atoms with Crippen molar-refractivity contribution in [3.05, 3.63) is 59.5 Å². The molecule has 138 valence electrons. The first kappa shape index (κ1) is 17.6. The Kier molecular flexibility index (Phi) is 4.87. The van der Waals surface area contributed by atoms with Gasteiger partial charge in [-0.05, 0) is 36.2 Å². The highest BCUT2D eigenvalue weighted by Gasteiger charge is 2.14. The fourth-order valence-corrected chi connectivity index (χ4v) is 4.01. The predicted molar refractivity (Wildman–Crippen MR) is 108 cm³/mol. The van der Waals surface area contributed by atoms with Gasteiger partial charge in [0, 0.05) is 42.8 Å². The van der Waals surface area contributed by atoms with Gasteiger partial charge < -0.3 is 4.74 Å². The molecule has 1 aromatic carbocycles. The second-order valence-corrected chi connectivity index (χ2v) is 7.49. The summed E-state index contributed by atoms with van der Waals surface area (Å²) in [5, 5.41) is 7.34. The lowest BCUT2D eigenvalue weighted by atomic mass is 10.0. The quantitative estimate of drug-likeness (QED) is 0.511. The highest BCUT2D eigenvalue weighted by atomic mass is 32.1. The van der Waals surface area contributed by atoms with Crippen LogP contribution in [0.4, 0.5) is 0 Å². The van der Waals surface area contributed by atoms with Gasteiger partial charge in [0.25, 0.3) is 0 Å². The summed E-state index contributed by atoms with van der Waals surface area (Å²) in [6, 6.07) is 8.35. The van der Waals surface area contributed by atoms with Crippen LogP contribution in [0.1, 0.15) is 11.1 Å². The first-order valence-electron chi connectivity index (χ1n) is 8.65. The van der Waals surface area contributed by atoms with Crippen molar-refractivity contribution in [2.45, 2.75) is 13.1 Å². The van der Waals surface area contributed by atoms with Crippen LogP contribution < -0.4 is 4.74 Å². The highest BCUT2D eigenvalue weighted by Crippen LogP contribution is 2.35. The maximum atomic E-state index is 5.60. The van der Waals surface area contributed by atoms with Gasteiger partial charge in [-0.2, -0.15) is 5.10 Å². The predicted octanol–water partition coefficient (Wildman–Crippen LogP) is 3.73. The van der Waals surface area contributed by atoms with Gasteiger partial charge in [0.2, 0.25) is 0 Å². The zero-order valence-electron chi connectivity index (χ0n) is 15.6. The van der Waals surface area contributed by atoms with E-state index in [-0.39, 0.29) is 0 Å². The molecule has 0 atom stereocenters. The largest absolute Gasteiger partial charge is 0.496 e. The molecule has 0 bridgehead atoms. The molecule has 0 saturated carbocycles. The minimum Gasteiger partial charge on any atom is -0.496 e. The van der Waals surface area contributed by atoms with Crippen molar-refractivity contribution < 1.29 is 4.74 Å². The summed E-state index contributed by atoms with van der Waals surface area (Å²) in [5.74, 6) is 0.819. The molecule has 0 N–H and O–H groups in total. The number of fused-ring (bicyclic) bond motifs is 1. The molecule has 6 nitrogen and oxygen atoms in total. The second kappa shape index (κ2) is 7.46. The minimum absolute atomic E-state index is 0.819. The third-order valence-corrected chi connectivity index (χ3v) is 5.26. The Morgan fingerprint density at radius 3 is 2.78 bits per heavy atom. The van der Waals surface area contributed by atoms with E-state index in [1.165, 1.54) is 11.1 Å². The number of rotatable bonds is 6. The van der Waals surface area contributed by atoms with Gasteiger partial charge in [-0.15, -0.1) is 11.3 Å². The summed E-state index contributed by atoms with van der Waals surface area (Å²) >= 11 is 1.62. The summed E-state index contributed by atoms with van der Waals surface area (Å²) in [6.45, 7) is 1.67. The van der Waals surface area contributed by atoms with E-state index in [0.717, 1.165) is 40.3 Å². The van der Waals surface area contributed by atoms with Crippen molar-refractivity contribution in [2.24, 2.45) is 7.05 Å². The molecular weight excluding hydrogens is 358 g/mol. The molecule has 0 spiro atoms. The SMILES string of the molecule is COc1ccc(CN(C)Cc2cnn(C)c2)cc1-c1ncnc2sccc12. The number of benzene rings is 1. The monoisotopic (exact) mass is 379 g/mol. The van der Waals surface area contributed by atoms with Gasteiger partial charge in [0.1, 0.15) is 16.9 Å². The molecule has 27 heavy (non-hydrogen) atoms. The zero-order chi connectivity index (χ0) is 18.8. The number of aryl methyl sites for hydroxylation is 1. The number of ether oxygens (including phenoxy) is 1. The molecule has 0 unspecified atom stereocenters. The van der Waals surface area contributed by atoms with Crippen LogP contribution in [0.2, 0.25) is 0 Å². The number of hydrogen-bond donors (Lipinski definition) is 0. The van der Waals surface area contributed by atoms with E-state index < -0.39 is 0 Å². The van der Waals surface area contributed by atoms with Crippen molar-refractivity contribution in [1.82, 2.24) is 24.6 Å². The Bertz CT molecular complexity index is 1070. The Morgan fingerprint density at radius 2 is 2.00 bits per heavy atom. The molecular formula is C20H21N5OS. The Labute approximate surface area is 162 Å². The molecule has 0 saturated heterocycles. The molecule has 3 aromatic heterocycles. The smallest absolute Gasteiger partial charge is 0.128 e. The fourth-order valence-electron chi connectivity index (χ4n) is 3.28. The summed E-state index contributed by atoms with van der Waals surface area (Å²) in [6.07, 6.45) is 5.57. The summed E-state index contributed by atoms with van der Waals surface area (Å²) in [5.41, 5.74) is 4.31. The first-order chi connectivity index (χ1) is 13.1. The second-order valence-electron chi connectivity index (χ2n) is 6.59. The lowest BCUT2D eigenvalue weighted by Gasteiger charge is -2.17. The summed E-state index contributed by atoms with van der Waals surface area (Å²) in [7, 11) is 5.74. The van der Waals surface area contributed by atoms with Crippen molar-refractivity contribution in [3.8, 4) is 17.0 Å². The van der Waals surface area contributed by atoms with Gasteiger partial charge in [-0.25, -0.2) is 9.97 Å². The number of thiophene rings is 1. The molecule has 4 aromatic rings. The van der Waals surface area contributed by atoms with Crippen LogP contribution >= 0.6 is 11.3 Å². The van der Waals surface area contributed by atoms with E-state index in [4.69, 9.17) is 4.74 Å². The molecule has 7 heteroatoms. The topological polar surface area (TPSA) is 56.1 Å². The lowest BCUT2D eigenvalue weighted by Crippen LogP contribution is -2.17. The number of aromatic nitrogens is 4. The molecule has 0 amide bonds. The normalized spacial score (nSPS) is 11.4. The number of hydrogen-bond acceptors (Lipinski definition) is 6. The fraction of sp³-hybridized carbons (Fsp3) is 0.250. The Morgan fingerprint density at radius 1 is 1.15 bits per heavy atom. The molecule has 0 aliphatic rings. The Hall–Kier alpha value is -2.77. The molecule has 0 aliphatic carbocycles.